The van der Waals surface area contributed by atoms with E-state index in [0.717, 1.165) is 0 Å². The molecule has 1 heteroatoms. The van der Waals surface area contributed by atoms with Crippen LogP contribution in [-0.4, -0.2) is 0 Å². The molecule has 0 bridgehead atoms. The summed E-state index contributed by atoms with van der Waals surface area (Å²) in [6.07, 6.45) is 2.36. The van der Waals surface area contributed by atoms with Gasteiger partial charge in [-0.25, -0.2) is 0 Å². The van der Waals surface area contributed by atoms with E-state index in [1.54, 1.807) is 24.7 Å². The third-order valence-electron chi connectivity index (χ3n) is 3.48. The predicted octanol–water partition coefficient (Wildman–Crippen LogP) is 4.45. The summed E-state index contributed by atoms with van der Waals surface area (Å²) in [5, 5.41) is 0. The normalized spacial score (nSPS) is 17.4. The standard InChI is InChI=1S/C17H15.Zr/c1-12-7-13(2)9-16(8-12)17-10-14-5-3-4-6-15(14)11-17;/h3-11H,1-2H3;. The van der Waals surface area contributed by atoms with Gasteiger partial charge in [-0.15, -0.1) is 0 Å². The fourth-order valence-electron chi connectivity index (χ4n) is 2.71. The molecule has 87 valence electrons. The van der Waals surface area contributed by atoms with Crippen molar-refractivity contribution < 1.29 is 24.7 Å². The van der Waals surface area contributed by atoms with Gasteiger partial charge in [-0.3, -0.25) is 0 Å². The molecule has 0 saturated carbocycles. The Balaban J connectivity index is 2.10. The molecule has 3 rings (SSSR count). The second-order valence-corrected chi connectivity index (χ2v) is 6.46. The van der Waals surface area contributed by atoms with Crippen molar-refractivity contribution in [3.63, 3.8) is 0 Å². The summed E-state index contributed by atoms with van der Waals surface area (Å²) in [6.45, 7) is 4.36. The topological polar surface area (TPSA) is 0 Å². The Morgan fingerprint density at radius 2 is 1.61 bits per heavy atom. The molecule has 0 saturated heterocycles. The van der Waals surface area contributed by atoms with Crippen LogP contribution >= 0.6 is 0 Å². The van der Waals surface area contributed by atoms with E-state index in [1.807, 2.05) is 0 Å². The molecule has 0 amide bonds. The van der Waals surface area contributed by atoms with E-state index >= 15 is 0 Å². The molecule has 0 aliphatic heterocycles. The molecular formula is C17H15Zr. The van der Waals surface area contributed by atoms with Gasteiger partial charge < -0.3 is 0 Å². The zero-order valence-electron chi connectivity index (χ0n) is 10.7. The average Bonchev–Trinajstić information content (AvgIpc) is 2.66. The molecule has 2 aromatic carbocycles. The van der Waals surface area contributed by atoms with Gasteiger partial charge in [0.05, 0.1) is 0 Å². The van der Waals surface area contributed by atoms with Crippen molar-refractivity contribution in [3.8, 4) is 0 Å². The van der Waals surface area contributed by atoms with Crippen molar-refractivity contribution in [1.82, 2.24) is 0 Å². The van der Waals surface area contributed by atoms with Crippen molar-refractivity contribution in [1.29, 1.82) is 0 Å². The van der Waals surface area contributed by atoms with Crippen LogP contribution in [0.4, 0.5) is 0 Å². The third-order valence-corrected chi connectivity index (χ3v) is 5.01. The van der Waals surface area contributed by atoms with Gasteiger partial charge >= 0.3 is 124 Å². The number of rotatable bonds is 1. The first-order valence-electron chi connectivity index (χ1n) is 6.25. The molecule has 0 spiro atoms. The van der Waals surface area contributed by atoms with Crippen LogP contribution in [0.3, 0.4) is 0 Å². The summed E-state index contributed by atoms with van der Waals surface area (Å²) in [5.74, 6) is 0. The Labute approximate surface area is 124 Å². The summed E-state index contributed by atoms with van der Waals surface area (Å²) >= 11 is 1.57. The van der Waals surface area contributed by atoms with E-state index in [2.05, 4.69) is 62.4 Å². The van der Waals surface area contributed by atoms with Crippen molar-refractivity contribution in [3.05, 3.63) is 70.3 Å². The summed E-state index contributed by atoms with van der Waals surface area (Å²) in [4.78, 5) is 0. The number of hydrogen-bond donors (Lipinski definition) is 0. The zero-order chi connectivity index (χ0) is 12.7. The predicted molar refractivity (Wildman–Crippen MR) is 73.0 cm³/mol. The molecule has 0 heterocycles. The molecule has 2 aromatic rings. The van der Waals surface area contributed by atoms with Gasteiger partial charge in [0, 0.05) is 0 Å². The quantitative estimate of drug-likeness (QED) is 0.730. The van der Waals surface area contributed by atoms with Crippen molar-refractivity contribution >= 4 is 11.6 Å². The Morgan fingerprint density at radius 3 is 2.28 bits per heavy atom. The van der Waals surface area contributed by atoms with Gasteiger partial charge in [0.2, 0.25) is 0 Å². The third kappa shape index (κ3) is 2.06. The van der Waals surface area contributed by atoms with Crippen LogP contribution in [0.15, 0.2) is 42.5 Å². The number of benzene rings is 2. The fourth-order valence-corrected chi connectivity index (χ4v) is 3.98. The Hall–Kier alpha value is -0.937. The summed E-state index contributed by atoms with van der Waals surface area (Å²) in [5.41, 5.74) is 8.47. The van der Waals surface area contributed by atoms with Crippen LogP contribution in [0.5, 0.6) is 0 Å². The van der Waals surface area contributed by atoms with Crippen LogP contribution in [0.2, 0.25) is 0 Å². The SMILES string of the molecule is Cc1cc(C)cc(C2=Cc3ccccc3[CH]2[Zr])c1. The van der Waals surface area contributed by atoms with E-state index in [-0.39, 0.29) is 0 Å². The summed E-state index contributed by atoms with van der Waals surface area (Å²) < 4.78 is 0.592. The number of fused-ring (bicyclic) bond motifs is 1. The first-order valence-corrected chi connectivity index (χ1v) is 7.67. The van der Waals surface area contributed by atoms with Gasteiger partial charge in [0.1, 0.15) is 0 Å². The van der Waals surface area contributed by atoms with Crippen LogP contribution in [0, 0.1) is 13.8 Å². The van der Waals surface area contributed by atoms with Crippen LogP contribution in [0.1, 0.15) is 31.4 Å². The Morgan fingerprint density at radius 1 is 0.944 bits per heavy atom. The Bertz CT molecular complexity index is 618. The molecule has 0 N–H and O–H groups in total. The van der Waals surface area contributed by atoms with Gasteiger partial charge in [-0.1, -0.05) is 0 Å². The van der Waals surface area contributed by atoms with E-state index < -0.39 is 0 Å². The second-order valence-electron chi connectivity index (χ2n) is 5.04. The van der Waals surface area contributed by atoms with Gasteiger partial charge in [0.25, 0.3) is 0 Å². The number of hydrogen-bond acceptors (Lipinski definition) is 0. The maximum absolute atomic E-state index is 2.36. The van der Waals surface area contributed by atoms with Crippen molar-refractivity contribution in [2.24, 2.45) is 0 Å². The van der Waals surface area contributed by atoms with Gasteiger partial charge in [0.15, 0.2) is 0 Å². The molecule has 0 aromatic heterocycles. The van der Waals surface area contributed by atoms with E-state index in [0.29, 0.717) is 3.63 Å². The second kappa shape index (κ2) is 4.63. The van der Waals surface area contributed by atoms with Gasteiger partial charge in [-0.2, -0.15) is 0 Å². The van der Waals surface area contributed by atoms with E-state index in [1.165, 1.54) is 33.4 Å². The minimum absolute atomic E-state index is 0.592. The molecular weight excluding hydrogens is 295 g/mol. The molecule has 0 fully saturated rings. The number of aryl methyl sites for hydroxylation is 2. The van der Waals surface area contributed by atoms with Crippen LogP contribution in [0.25, 0.3) is 11.6 Å². The molecule has 0 nitrogen and oxygen atoms in total. The monoisotopic (exact) mass is 309 g/mol. The summed E-state index contributed by atoms with van der Waals surface area (Å²) in [6, 6.07) is 15.6. The average molecular weight is 311 g/mol. The Kier molecular flexibility index (Phi) is 3.11. The van der Waals surface area contributed by atoms with E-state index in [9.17, 15) is 0 Å². The van der Waals surface area contributed by atoms with Crippen LogP contribution in [-0.2, 0) is 24.7 Å². The minimum atomic E-state index is 0.592. The van der Waals surface area contributed by atoms with Crippen molar-refractivity contribution in [2.45, 2.75) is 17.5 Å². The first-order chi connectivity index (χ1) is 8.65. The molecule has 0 radical (unpaired) electrons. The number of allylic oxidation sites excluding steroid dienone is 1. The molecule has 1 aliphatic carbocycles. The molecule has 18 heavy (non-hydrogen) atoms. The molecule has 1 atom stereocenters. The molecule has 1 aliphatic rings. The van der Waals surface area contributed by atoms with E-state index in [4.69, 9.17) is 0 Å². The van der Waals surface area contributed by atoms with Gasteiger partial charge in [-0.05, 0) is 0 Å². The fraction of sp³-hybridized carbons (Fsp3) is 0.176. The first kappa shape index (κ1) is 12.1. The molecule has 1 unspecified atom stereocenters. The maximum atomic E-state index is 2.36. The van der Waals surface area contributed by atoms with Crippen LogP contribution < -0.4 is 0 Å². The van der Waals surface area contributed by atoms with Crippen molar-refractivity contribution in [2.75, 3.05) is 0 Å². The summed E-state index contributed by atoms with van der Waals surface area (Å²) in [7, 11) is 0. The zero-order valence-corrected chi connectivity index (χ0v) is 13.2.